The molecule has 0 saturated carbocycles. The van der Waals surface area contributed by atoms with Crippen molar-refractivity contribution in [3.8, 4) is 0 Å². The minimum atomic E-state index is -4.15. The highest BCUT2D eigenvalue weighted by molar-refractivity contribution is 9.10. The van der Waals surface area contributed by atoms with Crippen molar-refractivity contribution >= 4 is 43.5 Å². The highest BCUT2D eigenvalue weighted by Gasteiger charge is 2.35. The summed E-state index contributed by atoms with van der Waals surface area (Å²) in [5, 5.41) is 3.06. The Labute approximate surface area is 281 Å². The highest BCUT2D eigenvalue weighted by atomic mass is 79.9. The number of nitrogens with one attached hydrogen (secondary N) is 1. The first-order valence-corrected chi connectivity index (χ1v) is 17.6. The summed E-state index contributed by atoms with van der Waals surface area (Å²) in [7, 11) is -4.15. The van der Waals surface area contributed by atoms with Crippen molar-refractivity contribution < 1.29 is 18.0 Å². The molecule has 0 fully saturated rings. The third kappa shape index (κ3) is 9.30. The second-order valence-corrected chi connectivity index (χ2v) is 15.4. The van der Waals surface area contributed by atoms with E-state index in [1.54, 1.807) is 30.3 Å². The third-order valence-electron chi connectivity index (χ3n) is 7.49. The van der Waals surface area contributed by atoms with Crippen molar-refractivity contribution in [1.82, 2.24) is 10.2 Å². The molecule has 0 aliphatic rings. The van der Waals surface area contributed by atoms with Crippen molar-refractivity contribution in [3.05, 3.63) is 130 Å². The standard InChI is InChI=1S/C37H42BrN3O4S/c1-27(2)30-18-22-32(23-19-30)41(46(44,45)33-14-10-7-11-15-33)26-35(42)40(25-29-16-20-31(38)21-17-29)34(36(43)39-37(3,4)5)24-28-12-8-6-9-13-28/h6-23,27,34H,24-26H2,1-5H3,(H,39,43)/t34-/m1/s1. The average molecular weight is 705 g/mol. The Morgan fingerprint density at radius 1 is 0.783 bits per heavy atom. The maximum atomic E-state index is 14.6. The van der Waals surface area contributed by atoms with Crippen molar-refractivity contribution in [3.63, 3.8) is 0 Å². The van der Waals surface area contributed by atoms with Gasteiger partial charge in [0.05, 0.1) is 10.6 Å². The molecule has 0 saturated heterocycles. The fraction of sp³-hybridized carbons (Fsp3) is 0.297. The van der Waals surface area contributed by atoms with Crippen LogP contribution in [0.4, 0.5) is 5.69 Å². The molecule has 4 rings (SSSR count). The summed E-state index contributed by atoms with van der Waals surface area (Å²) in [4.78, 5) is 30.1. The molecule has 46 heavy (non-hydrogen) atoms. The Balaban J connectivity index is 1.81. The summed E-state index contributed by atoms with van der Waals surface area (Å²) in [6.45, 7) is 9.40. The largest absolute Gasteiger partial charge is 0.350 e. The molecule has 242 valence electrons. The number of rotatable bonds is 12. The third-order valence-corrected chi connectivity index (χ3v) is 9.81. The van der Waals surface area contributed by atoms with Gasteiger partial charge in [0, 0.05) is 23.0 Å². The second kappa shape index (κ2) is 15.1. The SMILES string of the molecule is CC(C)c1ccc(N(CC(=O)N(Cc2ccc(Br)cc2)[C@H](Cc2ccccc2)C(=O)NC(C)(C)C)S(=O)(=O)c2ccccc2)cc1. The fourth-order valence-electron chi connectivity index (χ4n) is 5.07. The van der Waals surface area contributed by atoms with Crippen LogP contribution >= 0.6 is 15.9 Å². The van der Waals surface area contributed by atoms with Gasteiger partial charge in [0.25, 0.3) is 10.0 Å². The average Bonchev–Trinajstić information content (AvgIpc) is 3.02. The Hall–Kier alpha value is -3.95. The Bertz CT molecular complexity index is 1700. The Morgan fingerprint density at radius 3 is 1.89 bits per heavy atom. The number of carbonyl (C=O) groups is 2. The number of hydrogen-bond acceptors (Lipinski definition) is 4. The van der Waals surface area contributed by atoms with Gasteiger partial charge in [-0.1, -0.05) is 103 Å². The lowest BCUT2D eigenvalue weighted by Crippen LogP contribution is -2.56. The van der Waals surface area contributed by atoms with Gasteiger partial charge in [-0.15, -0.1) is 0 Å². The molecule has 1 atom stereocenters. The number of benzene rings is 4. The summed E-state index contributed by atoms with van der Waals surface area (Å²) >= 11 is 3.47. The van der Waals surface area contributed by atoms with Crippen LogP contribution in [0.1, 0.15) is 57.2 Å². The predicted molar refractivity (Wildman–Crippen MR) is 188 cm³/mol. The summed E-state index contributed by atoms with van der Waals surface area (Å²) in [6, 6.07) is 31.4. The molecule has 4 aromatic carbocycles. The van der Waals surface area contributed by atoms with Crippen LogP contribution in [0.2, 0.25) is 0 Å². The van der Waals surface area contributed by atoms with Crippen LogP contribution in [0.5, 0.6) is 0 Å². The molecule has 7 nitrogen and oxygen atoms in total. The number of carbonyl (C=O) groups excluding carboxylic acids is 2. The molecule has 0 heterocycles. The van der Waals surface area contributed by atoms with Crippen molar-refractivity contribution in [2.75, 3.05) is 10.8 Å². The van der Waals surface area contributed by atoms with Gasteiger partial charge in [-0.2, -0.15) is 0 Å². The van der Waals surface area contributed by atoms with Gasteiger partial charge >= 0.3 is 0 Å². The van der Waals surface area contributed by atoms with Gasteiger partial charge in [0.1, 0.15) is 12.6 Å². The van der Waals surface area contributed by atoms with Crippen molar-refractivity contribution in [2.24, 2.45) is 0 Å². The van der Waals surface area contributed by atoms with Crippen LogP contribution in [0, 0.1) is 0 Å². The topological polar surface area (TPSA) is 86.8 Å². The van der Waals surface area contributed by atoms with E-state index in [-0.39, 0.29) is 29.7 Å². The molecule has 0 radical (unpaired) electrons. The first-order chi connectivity index (χ1) is 21.7. The van der Waals surface area contributed by atoms with Crippen LogP contribution in [-0.2, 0) is 32.6 Å². The number of sulfonamides is 1. The lowest BCUT2D eigenvalue weighted by atomic mass is 10.0. The van der Waals surface area contributed by atoms with E-state index in [0.29, 0.717) is 5.69 Å². The highest BCUT2D eigenvalue weighted by Crippen LogP contribution is 2.27. The van der Waals surface area contributed by atoms with Crippen LogP contribution in [0.25, 0.3) is 0 Å². The predicted octanol–water partition coefficient (Wildman–Crippen LogP) is 7.32. The van der Waals surface area contributed by atoms with E-state index in [1.165, 1.54) is 17.0 Å². The smallest absolute Gasteiger partial charge is 0.264 e. The molecule has 4 aromatic rings. The molecule has 2 amide bonds. The molecule has 0 aliphatic heterocycles. The number of hydrogen-bond donors (Lipinski definition) is 1. The minimum absolute atomic E-state index is 0.0708. The van der Waals surface area contributed by atoms with Crippen LogP contribution in [0.3, 0.4) is 0 Å². The molecule has 0 bridgehead atoms. The monoisotopic (exact) mass is 703 g/mol. The second-order valence-electron chi connectivity index (χ2n) is 12.7. The van der Waals surface area contributed by atoms with Crippen molar-refractivity contribution in [1.29, 1.82) is 0 Å². The van der Waals surface area contributed by atoms with Gasteiger partial charge in [-0.25, -0.2) is 8.42 Å². The molecular weight excluding hydrogens is 662 g/mol. The zero-order valence-electron chi connectivity index (χ0n) is 27.0. The van der Waals surface area contributed by atoms with E-state index in [4.69, 9.17) is 0 Å². The summed E-state index contributed by atoms with van der Waals surface area (Å²) in [5.41, 5.74) is 2.54. The van der Waals surface area contributed by atoms with Gasteiger partial charge in [-0.3, -0.25) is 13.9 Å². The molecular formula is C37H42BrN3O4S. The Kier molecular flexibility index (Phi) is 11.5. The van der Waals surface area contributed by atoms with E-state index in [2.05, 4.69) is 35.1 Å². The lowest BCUT2D eigenvalue weighted by Gasteiger charge is -2.35. The first-order valence-electron chi connectivity index (χ1n) is 15.3. The quantitative estimate of drug-likeness (QED) is 0.168. The number of halogens is 1. The molecule has 1 N–H and O–H groups in total. The maximum absolute atomic E-state index is 14.6. The Morgan fingerprint density at radius 2 is 1.35 bits per heavy atom. The van der Waals surface area contributed by atoms with Crippen molar-refractivity contribution in [2.45, 2.75) is 70.0 Å². The molecule has 0 unspecified atom stereocenters. The minimum Gasteiger partial charge on any atom is -0.350 e. The molecule has 0 aliphatic carbocycles. The zero-order valence-corrected chi connectivity index (χ0v) is 29.4. The van der Waals surface area contributed by atoms with E-state index in [0.717, 1.165) is 25.5 Å². The zero-order chi connectivity index (χ0) is 33.5. The van der Waals surface area contributed by atoms with Crippen LogP contribution in [0.15, 0.2) is 119 Å². The lowest BCUT2D eigenvalue weighted by molar-refractivity contribution is -0.140. The van der Waals surface area contributed by atoms with E-state index in [1.807, 2.05) is 87.5 Å². The molecule has 0 aromatic heterocycles. The van der Waals surface area contributed by atoms with Gasteiger partial charge in [0.15, 0.2) is 0 Å². The van der Waals surface area contributed by atoms with Gasteiger partial charge in [0.2, 0.25) is 11.8 Å². The van der Waals surface area contributed by atoms with Crippen LogP contribution in [-0.4, -0.2) is 43.3 Å². The van der Waals surface area contributed by atoms with E-state index >= 15 is 0 Å². The van der Waals surface area contributed by atoms with Crippen LogP contribution < -0.4 is 9.62 Å². The fourth-order valence-corrected chi connectivity index (χ4v) is 6.77. The van der Waals surface area contributed by atoms with E-state index in [9.17, 15) is 18.0 Å². The molecule has 9 heteroatoms. The molecule has 0 spiro atoms. The van der Waals surface area contributed by atoms with E-state index < -0.39 is 34.1 Å². The van der Waals surface area contributed by atoms with Gasteiger partial charge in [-0.05, 0) is 79.8 Å². The maximum Gasteiger partial charge on any atom is 0.264 e. The first kappa shape index (κ1) is 34.9. The number of amides is 2. The number of nitrogens with zero attached hydrogens (tertiary/aromatic N) is 2. The summed E-state index contributed by atoms with van der Waals surface area (Å²) in [5.74, 6) is -0.572. The summed E-state index contributed by atoms with van der Waals surface area (Å²) < 4.78 is 30.3. The summed E-state index contributed by atoms with van der Waals surface area (Å²) in [6.07, 6.45) is 0.250. The number of anilines is 1. The van der Waals surface area contributed by atoms with Gasteiger partial charge < -0.3 is 10.2 Å². The normalized spacial score (nSPS) is 12.4.